The molecule has 440 valence electrons. The van der Waals surface area contributed by atoms with Gasteiger partial charge in [-0.05, 0) is 0 Å². The first kappa shape index (κ1) is 59.6. The fourth-order valence-corrected chi connectivity index (χ4v) is 11.3. The molecule has 20 aliphatic rings. The lowest BCUT2D eigenvalue weighted by atomic mass is 9.93. The van der Waals surface area contributed by atoms with Crippen LogP contribution in [0.15, 0.2) is 0 Å². The zero-order valence-corrected chi connectivity index (χ0v) is 40.7. The molecule has 20 aliphatic heterocycles. The first-order valence-electron chi connectivity index (χ1n) is 24.6. The fourth-order valence-electron chi connectivity index (χ4n) is 10.9. The van der Waals surface area contributed by atoms with Gasteiger partial charge < -0.3 is 163 Å². The highest BCUT2D eigenvalue weighted by Gasteiger charge is 2.62. The Morgan fingerprint density at radius 2 is 0.408 bits per heavy atom. The lowest BCUT2D eigenvalue weighted by molar-refractivity contribution is -0.419. The van der Waals surface area contributed by atoms with Crippen molar-refractivity contribution < 1.29 is 163 Å². The number of hydrogen-bond acceptors (Lipinski definition) is 34. The largest absolute Gasteiger partial charge is 0.394 e. The monoisotopic (exact) mass is 1130 g/mol. The smallest absolute Gasteiger partial charge is 0.187 e. The molecule has 14 bridgehead atoms. The molecule has 76 heavy (non-hydrogen) atoms. The minimum Gasteiger partial charge on any atom is -0.394 e. The molecule has 35 atom stereocenters. The highest BCUT2D eigenvalue weighted by Crippen LogP contribution is 2.43. The molecule has 0 aromatic carbocycles. The van der Waals surface area contributed by atoms with Gasteiger partial charge in [0.25, 0.3) is 0 Å². The summed E-state index contributed by atoms with van der Waals surface area (Å²) >= 11 is 4.68. The SMILES string of the molecule is OC[C@H]1O[C@@H]2O[C@H]3[C@H](O)[C@@H](O)[C@@H](O[C@H]4[C@H](O)[C@@H](O)[C@@H](O[C@H]5[C@H](S)[C@H]6O[C@@H]7[C@@H](O)[C@@H](O[C@H]8[C@H](O)[C@@H](O)[C@@H](O[C@H]9[C@H](O)[C@@H](O)[C@@H](O[C@H]1[C@H](O)[C@H]2O)O[C@@H]9CO)O[C@@H]8CO)O[C@H](CO)[C@H]7O[C@H]6O[C@@H]5CO)O[C@@H]4CO)O[C@@H]3CO. The Balaban J connectivity index is 1.01. The Kier molecular flexibility index (Phi) is 19.5. The highest BCUT2D eigenvalue weighted by atomic mass is 32.1. The maximum Gasteiger partial charge on any atom is 0.187 e. The molecule has 18 N–H and O–H groups in total. The molecule has 20 heterocycles. The third-order valence-corrected chi connectivity index (χ3v) is 15.6. The highest BCUT2D eigenvalue weighted by molar-refractivity contribution is 7.81. The van der Waals surface area contributed by atoms with Crippen molar-refractivity contribution in [1.82, 2.24) is 0 Å². The van der Waals surface area contributed by atoms with Gasteiger partial charge in [0.05, 0.1) is 51.5 Å². The molecule has 33 nitrogen and oxygen atoms in total. The van der Waals surface area contributed by atoms with E-state index in [4.69, 9.17) is 71.1 Å². The van der Waals surface area contributed by atoms with Crippen LogP contribution in [0.1, 0.15) is 0 Å². The van der Waals surface area contributed by atoms with E-state index < -0.39 is 260 Å². The third-order valence-electron chi connectivity index (χ3n) is 15.0. The standard InChI is InChI=1S/C42H68O33S/c43-1-8-26-15(50)20(55)36(61-8)70-27-9(2-44)63-38(22(57)17(27)52)72-29-11(4-46)65-40(24(59)19(29)54)75-32-14(7-49)67-42-34(35(32)76)68-33-25(60)41(66-13(6-48)31(33)74-42)73-30-12(5-47)64-39(23(58)18(30)53)71-28-10(3-45)62-37(69-26)21(56)16(28)51/h8-60,76H,1-7H2/t8-,9-,10-,11-,12-,13-,14-,15-,16-,17-,18-,19-,20-,21-,22-,23-,24-,25-,26-,27-,28-,29-,30-,31-,32-,33-,34-,35+,36-,37-,38-,39-,40-,41-,42-/m1/s1. The van der Waals surface area contributed by atoms with Crippen molar-refractivity contribution in [1.29, 1.82) is 0 Å². The van der Waals surface area contributed by atoms with Crippen LogP contribution in [0.4, 0.5) is 0 Å². The number of hydrogen-bond donors (Lipinski definition) is 19. The topological polar surface area (TPSA) is 503 Å². The van der Waals surface area contributed by atoms with Crippen LogP contribution < -0.4 is 0 Å². The predicted molar refractivity (Wildman–Crippen MR) is 232 cm³/mol. The molecule has 0 aliphatic carbocycles. The molecule has 20 rings (SSSR count). The van der Waals surface area contributed by atoms with Crippen molar-refractivity contribution >= 4 is 12.6 Å². The summed E-state index contributed by atoms with van der Waals surface area (Å²) in [6.45, 7) is -6.59. The van der Waals surface area contributed by atoms with Crippen molar-refractivity contribution in [3.63, 3.8) is 0 Å². The summed E-state index contributed by atoms with van der Waals surface area (Å²) in [6.07, 6.45) is -62.2. The molecule has 0 saturated carbocycles. The lowest BCUT2D eigenvalue weighted by Gasteiger charge is -2.55. The lowest BCUT2D eigenvalue weighted by Crippen LogP contribution is -2.72. The maximum absolute atomic E-state index is 11.8. The van der Waals surface area contributed by atoms with Crippen molar-refractivity contribution in [3.8, 4) is 0 Å². The van der Waals surface area contributed by atoms with Gasteiger partial charge in [0, 0.05) is 0 Å². The Hall–Kier alpha value is -0.970. The van der Waals surface area contributed by atoms with Gasteiger partial charge in [0.15, 0.2) is 44.0 Å². The first-order chi connectivity index (χ1) is 36.3. The minimum absolute atomic E-state index is 0.796. The zero-order chi connectivity index (χ0) is 54.8. The Morgan fingerprint density at radius 1 is 0.197 bits per heavy atom. The molecule has 0 spiro atoms. The molecule has 0 aromatic heterocycles. The van der Waals surface area contributed by atoms with E-state index in [1.54, 1.807) is 0 Å². The number of aliphatic hydroxyl groups excluding tert-OH is 18. The minimum atomic E-state index is -2.17. The normalized spacial score (nSPS) is 56.3. The van der Waals surface area contributed by atoms with Crippen molar-refractivity contribution in [3.05, 3.63) is 0 Å². The number of rotatable bonds is 7. The zero-order valence-electron chi connectivity index (χ0n) is 39.8. The van der Waals surface area contributed by atoms with Gasteiger partial charge in [-0.25, -0.2) is 0 Å². The molecule has 0 unspecified atom stereocenters. The summed E-state index contributed by atoms with van der Waals surface area (Å²) in [5.74, 6) is 0. The molecule has 20 fully saturated rings. The summed E-state index contributed by atoms with van der Waals surface area (Å²) in [6, 6.07) is 0. The van der Waals surface area contributed by atoms with Crippen LogP contribution in [0.25, 0.3) is 0 Å². The summed E-state index contributed by atoms with van der Waals surface area (Å²) < 4.78 is 87.9. The van der Waals surface area contributed by atoms with Gasteiger partial charge in [-0.15, -0.1) is 0 Å². The van der Waals surface area contributed by atoms with Gasteiger partial charge in [0.2, 0.25) is 0 Å². The van der Waals surface area contributed by atoms with Crippen LogP contribution in [-0.4, -0.2) is 352 Å². The summed E-state index contributed by atoms with van der Waals surface area (Å²) in [5, 5.41) is 197. The molecule has 0 radical (unpaired) electrons. The average Bonchev–Trinajstić information content (AvgIpc) is 3.42. The van der Waals surface area contributed by atoms with Crippen LogP contribution in [0.2, 0.25) is 0 Å². The van der Waals surface area contributed by atoms with Gasteiger partial charge in [-0.3, -0.25) is 0 Å². The average molecular weight is 1130 g/mol. The summed E-state index contributed by atoms with van der Waals surface area (Å²) in [7, 11) is 0. The molecule has 34 heteroatoms. The van der Waals surface area contributed by atoms with Gasteiger partial charge >= 0.3 is 0 Å². The molecule has 20 saturated heterocycles. The third kappa shape index (κ3) is 11.1. The summed E-state index contributed by atoms with van der Waals surface area (Å²) in [5.41, 5.74) is 0. The number of thiol groups is 1. The maximum atomic E-state index is 11.8. The van der Waals surface area contributed by atoms with E-state index in [2.05, 4.69) is 12.6 Å². The van der Waals surface area contributed by atoms with E-state index in [9.17, 15) is 91.9 Å². The van der Waals surface area contributed by atoms with Crippen molar-refractivity contribution in [2.24, 2.45) is 0 Å². The van der Waals surface area contributed by atoms with Crippen LogP contribution in [-0.2, 0) is 71.1 Å². The van der Waals surface area contributed by atoms with E-state index in [1.807, 2.05) is 0 Å². The molecule has 0 amide bonds. The molecule has 0 aromatic rings. The Bertz CT molecular complexity index is 1850. The number of ether oxygens (including phenoxy) is 15. The first-order valence-corrected chi connectivity index (χ1v) is 25.1. The van der Waals surface area contributed by atoms with E-state index in [1.165, 1.54) is 0 Å². The van der Waals surface area contributed by atoms with Gasteiger partial charge in [-0.1, -0.05) is 0 Å². The Labute approximate surface area is 435 Å². The molecular weight excluding hydrogens is 1060 g/mol. The quantitative estimate of drug-likeness (QED) is 0.105. The fraction of sp³-hybridized carbons (Fsp3) is 1.00. The predicted octanol–water partition coefficient (Wildman–Crippen LogP) is -13.2. The van der Waals surface area contributed by atoms with Crippen molar-refractivity contribution in [2.75, 3.05) is 46.2 Å². The van der Waals surface area contributed by atoms with E-state index >= 15 is 0 Å². The molecular formula is C42H68O33S. The van der Waals surface area contributed by atoms with Crippen LogP contribution in [0, 0.1) is 0 Å². The van der Waals surface area contributed by atoms with E-state index in [0.717, 1.165) is 0 Å². The van der Waals surface area contributed by atoms with Gasteiger partial charge in [0.1, 0.15) is 165 Å². The van der Waals surface area contributed by atoms with Crippen LogP contribution >= 0.6 is 12.6 Å². The van der Waals surface area contributed by atoms with E-state index in [-0.39, 0.29) is 0 Å². The second-order valence-electron chi connectivity index (χ2n) is 19.7. The number of aliphatic hydroxyl groups is 18. The van der Waals surface area contributed by atoms with E-state index in [0.29, 0.717) is 0 Å². The second-order valence-corrected chi connectivity index (χ2v) is 20.3. The van der Waals surface area contributed by atoms with Crippen LogP contribution in [0.5, 0.6) is 0 Å². The second kappa shape index (κ2) is 24.9. The van der Waals surface area contributed by atoms with Crippen LogP contribution in [0.3, 0.4) is 0 Å². The van der Waals surface area contributed by atoms with Gasteiger partial charge in [-0.2, -0.15) is 12.6 Å². The summed E-state index contributed by atoms with van der Waals surface area (Å²) in [4.78, 5) is 0. The van der Waals surface area contributed by atoms with Crippen molar-refractivity contribution in [2.45, 2.75) is 214 Å². The Morgan fingerprint density at radius 3 is 0.684 bits per heavy atom.